The minimum Gasteiger partial charge on any atom is -0.494 e. The molecule has 4 aromatic rings. The summed E-state index contributed by atoms with van der Waals surface area (Å²) < 4.78 is 7.15. The van der Waals surface area contributed by atoms with E-state index in [9.17, 15) is 4.79 Å². The Labute approximate surface area is 185 Å². The third-order valence-corrected chi connectivity index (χ3v) is 4.80. The molecule has 0 unspecified atom stereocenters. The van der Waals surface area contributed by atoms with Gasteiger partial charge in [0, 0.05) is 16.3 Å². The van der Waals surface area contributed by atoms with Gasteiger partial charge in [0.25, 0.3) is 5.91 Å². The number of benzene rings is 3. The van der Waals surface area contributed by atoms with Gasteiger partial charge in [-0.15, -0.1) is 5.10 Å². The molecule has 0 spiro atoms. The van der Waals surface area contributed by atoms with Crippen molar-refractivity contribution in [2.45, 2.75) is 13.8 Å². The number of rotatable bonds is 6. The first-order chi connectivity index (χ1) is 15.0. The molecule has 0 aliphatic carbocycles. The van der Waals surface area contributed by atoms with Gasteiger partial charge in [0.15, 0.2) is 5.82 Å². The van der Waals surface area contributed by atoms with Crippen molar-refractivity contribution in [3.05, 3.63) is 89.2 Å². The smallest absolute Gasteiger partial charge is 0.295 e. The van der Waals surface area contributed by atoms with Crippen LogP contribution in [-0.2, 0) is 0 Å². The molecule has 6 nitrogen and oxygen atoms in total. The summed E-state index contributed by atoms with van der Waals surface area (Å²) in [6, 6.07) is 22.3. The summed E-state index contributed by atoms with van der Waals surface area (Å²) >= 11 is 6.19. The molecule has 1 N–H and O–H groups in total. The second-order valence-corrected chi connectivity index (χ2v) is 7.37. The highest BCUT2D eigenvalue weighted by molar-refractivity contribution is 6.30. The Morgan fingerprint density at radius 3 is 2.55 bits per heavy atom. The van der Waals surface area contributed by atoms with Crippen LogP contribution in [0.2, 0.25) is 5.02 Å². The summed E-state index contributed by atoms with van der Waals surface area (Å²) in [7, 11) is 0. The number of nitrogens with one attached hydrogen (secondary N) is 1. The van der Waals surface area contributed by atoms with E-state index in [2.05, 4.69) is 15.4 Å². The molecular formula is C24H21ClN4O2. The van der Waals surface area contributed by atoms with Crippen LogP contribution in [0.15, 0.2) is 72.8 Å². The van der Waals surface area contributed by atoms with Crippen LogP contribution in [0.5, 0.6) is 5.75 Å². The lowest BCUT2D eigenvalue weighted by Crippen LogP contribution is -2.14. The van der Waals surface area contributed by atoms with Gasteiger partial charge in [-0.3, -0.25) is 4.79 Å². The molecule has 4 rings (SSSR count). The fourth-order valence-electron chi connectivity index (χ4n) is 3.16. The first-order valence-corrected chi connectivity index (χ1v) is 10.3. The molecule has 0 saturated carbocycles. The zero-order valence-corrected chi connectivity index (χ0v) is 17.9. The van der Waals surface area contributed by atoms with E-state index >= 15 is 0 Å². The maximum Gasteiger partial charge on any atom is 0.295 e. The molecule has 156 valence electrons. The molecule has 0 saturated heterocycles. The Morgan fingerprint density at radius 1 is 1.06 bits per heavy atom. The minimum atomic E-state index is -0.390. The number of carbonyl (C=O) groups excluding carboxylic acids is 1. The maximum atomic E-state index is 12.9. The average Bonchev–Trinajstić information content (AvgIpc) is 3.20. The second-order valence-electron chi connectivity index (χ2n) is 6.93. The monoisotopic (exact) mass is 432 g/mol. The summed E-state index contributed by atoms with van der Waals surface area (Å²) in [5.74, 6) is 0.943. The summed E-state index contributed by atoms with van der Waals surface area (Å²) in [6.45, 7) is 4.48. The van der Waals surface area contributed by atoms with E-state index < -0.39 is 5.91 Å². The Kier molecular flexibility index (Phi) is 6.00. The van der Waals surface area contributed by atoms with Crippen LogP contribution in [0.3, 0.4) is 0 Å². The normalized spacial score (nSPS) is 10.7. The molecule has 7 heteroatoms. The van der Waals surface area contributed by atoms with E-state index in [4.69, 9.17) is 16.3 Å². The Bertz CT molecular complexity index is 1220. The van der Waals surface area contributed by atoms with E-state index in [0.717, 1.165) is 22.6 Å². The molecular weight excluding hydrogens is 412 g/mol. The van der Waals surface area contributed by atoms with Gasteiger partial charge < -0.3 is 10.1 Å². The van der Waals surface area contributed by atoms with E-state index in [-0.39, 0.29) is 5.82 Å². The first-order valence-electron chi connectivity index (χ1n) is 9.88. The number of nitrogens with zero attached hydrogens (tertiary/aromatic N) is 3. The summed E-state index contributed by atoms with van der Waals surface area (Å²) in [5.41, 5.74) is 3.24. The maximum absolute atomic E-state index is 12.9. The molecule has 0 aliphatic heterocycles. The molecule has 1 amide bonds. The summed E-state index contributed by atoms with van der Waals surface area (Å²) in [6.07, 6.45) is 0. The van der Waals surface area contributed by atoms with Crippen molar-refractivity contribution in [2.24, 2.45) is 0 Å². The van der Waals surface area contributed by atoms with Crippen LogP contribution in [0, 0.1) is 6.92 Å². The van der Waals surface area contributed by atoms with Crippen LogP contribution < -0.4 is 10.1 Å². The number of carbonyl (C=O) groups is 1. The molecule has 1 heterocycles. The molecule has 0 aliphatic rings. The zero-order valence-electron chi connectivity index (χ0n) is 17.2. The first kappa shape index (κ1) is 20.6. The van der Waals surface area contributed by atoms with E-state index in [0.29, 0.717) is 23.1 Å². The zero-order chi connectivity index (χ0) is 21.8. The highest BCUT2D eigenvalue weighted by Crippen LogP contribution is 2.25. The molecule has 31 heavy (non-hydrogen) atoms. The van der Waals surface area contributed by atoms with Gasteiger partial charge in [-0.25, -0.2) is 9.67 Å². The Morgan fingerprint density at radius 2 is 1.84 bits per heavy atom. The van der Waals surface area contributed by atoms with Crippen LogP contribution in [0.1, 0.15) is 23.1 Å². The molecule has 0 bridgehead atoms. The van der Waals surface area contributed by atoms with E-state index in [1.807, 2.05) is 74.5 Å². The van der Waals surface area contributed by atoms with Crippen LogP contribution >= 0.6 is 11.6 Å². The number of aromatic nitrogens is 3. The highest BCUT2D eigenvalue weighted by Gasteiger charge is 2.19. The van der Waals surface area contributed by atoms with Gasteiger partial charge >= 0.3 is 0 Å². The van der Waals surface area contributed by atoms with E-state index in [1.54, 1.807) is 16.8 Å². The lowest BCUT2D eigenvalue weighted by molar-refractivity contribution is 0.101. The third-order valence-electron chi connectivity index (χ3n) is 4.56. The predicted molar refractivity (Wildman–Crippen MR) is 122 cm³/mol. The summed E-state index contributed by atoms with van der Waals surface area (Å²) in [5, 5.41) is 7.92. The van der Waals surface area contributed by atoms with Gasteiger partial charge in [-0.2, -0.15) is 0 Å². The average molecular weight is 433 g/mol. The molecule has 3 aromatic carbocycles. The van der Waals surface area contributed by atoms with Gasteiger partial charge in [-0.05, 0) is 67.9 Å². The van der Waals surface area contributed by atoms with Gasteiger partial charge in [0.2, 0.25) is 5.82 Å². The Balaban J connectivity index is 1.73. The molecule has 1 aromatic heterocycles. The van der Waals surface area contributed by atoms with Gasteiger partial charge in [0.05, 0.1) is 12.3 Å². The lowest BCUT2D eigenvalue weighted by Gasteiger charge is -2.08. The fraction of sp³-hybridized carbons (Fsp3) is 0.125. The topological polar surface area (TPSA) is 69.0 Å². The third kappa shape index (κ3) is 4.75. The minimum absolute atomic E-state index is 0.0605. The quantitative estimate of drug-likeness (QED) is 0.434. The Hall–Kier alpha value is -3.64. The highest BCUT2D eigenvalue weighted by atomic mass is 35.5. The van der Waals surface area contributed by atoms with Gasteiger partial charge in [0.1, 0.15) is 5.75 Å². The largest absolute Gasteiger partial charge is 0.494 e. The van der Waals surface area contributed by atoms with Crippen molar-refractivity contribution < 1.29 is 9.53 Å². The van der Waals surface area contributed by atoms with Crippen molar-refractivity contribution in [1.29, 1.82) is 0 Å². The van der Waals surface area contributed by atoms with Crippen LogP contribution in [0.4, 0.5) is 5.69 Å². The van der Waals surface area contributed by atoms with Crippen molar-refractivity contribution in [3.8, 4) is 22.8 Å². The molecule has 0 radical (unpaired) electrons. The predicted octanol–water partition coefficient (Wildman–Crippen LogP) is 5.55. The number of anilines is 1. The number of ether oxygens (including phenoxy) is 1. The van der Waals surface area contributed by atoms with Crippen LogP contribution in [-0.4, -0.2) is 27.3 Å². The number of halogens is 1. The lowest BCUT2D eigenvalue weighted by atomic mass is 10.2. The van der Waals surface area contributed by atoms with Crippen molar-refractivity contribution in [2.75, 3.05) is 11.9 Å². The van der Waals surface area contributed by atoms with Crippen molar-refractivity contribution >= 4 is 23.2 Å². The number of hydrogen-bond acceptors (Lipinski definition) is 4. The van der Waals surface area contributed by atoms with Crippen molar-refractivity contribution in [3.63, 3.8) is 0 Å². The SMILES string of the molecule is CCOc1ccc(-n2nc(C(=O)Nc3cccc(C)c3)nc2-c2cccc(Cl)c2)cc1. The van der Waals surface area contributed by atoms with Gasteiger partial charge in [-0.1, -0.05) is 35.9 Å². The number of amides is 1. The fourth-order valence-corrected chi connectivity index (χ4v) is 3.35. The number of aryl methyl sites for hydroxylation is 1. The molecule has 0 fully saturated rings. The van der Waals surface area contributed by atoms with E-state index in [1.165, 1.54) is 0 Å². The summed E-state index contributed by atoms with van der Waals surface area (Å²) in [4.78, 5) is 17.4. The van der Waals surface area contributed by atoms with Crippen molar-refractivity contribution in [1.82, 2.24) is 14.8 Å². The number of hydrogen-bond donors (Lipinski definition) is 1. The van der Waals surface area contributed by atoms with Crippen LogP contribution in [0.25, 0.3) is 17.1 Å². The molecule has 0 atom stereocenters. The second kappa shape index (κ2) is 9.02. The standard InChI is InChI=1S/C24H21ClN4O2/c1-3-31-21-12-10-20(11-13-21)29-23(17-7-5-8-18(25)15-17)27-22(28-29)24(30)26-19-9-4-6-16(2)14-19/h4-15H,3H2,1-2H3,(H,26,30).